The van der Waals surface area contributed by atoms with Crippen LogP contribution < -0.4 is 0 Å². The molecule has 9 rings (SSSR count). The zero-order chi connectivity index (χ0) is 32.6. The maximum atomic E-state index is 5.10. The molecule has 0 saturated carbocycles. The Morgan fingerprint density at radius 1 is 0.306 bits per heavy atom. The average molecular weight is 627 g/mol. The van der Waals surface area contributed by atoms with E-state index < -0.39 is 0 Å². The monoisotopic (exact) mass is 626 g/mol. The molecule has 4 heteroatoms. The van der Waals surface area contributed by atoms with E-state index in [1.807, 2.05) is 36.4 Å². The Morgan fingerprint density at radius 2 is 0.694 bits per heavy atom. The van der Waals surface area contributed by atoms with Crippen LogP contribution in [0.3, 0.4) is 0 Å². The lowest BCUT2D eigenvalue weighted by Crippen LogP contribution is -2.02. The summed E-state index contributed by atoms with van der Waals surface area (Å²) in [6.07, 6.45) is 0. The van der Waals surface area contributed by atoms with Gasteiger partial charge in [-0.05, 0) is 47.0 Å². The van der Waals surface area contributed by atoms with Crippen molar-refractivity contribution in [1.29, 1.82) is 0 Å². The summed E-state index contributed by atoms with van der Waals surface area (Å²) in [6.45, 7) is 0. The van der Waals surface area contributed by atoms with Crippen molar-refractivity contribution in [2.45, 2.75) is 0 Å². The minimum Gasteiger partial charge on any atom is -0.309 e. The van der Waals surface area contributed by atoms with Gasteiger partial charge in [0.25, 0.3) is 0 Å². The number of aromatic nitrogens is 4. The van der Waals surface area contributed by atoms with Crippen molar-refractivity contribution >= 4 is 21.8 Å². The van der Waals surface area contributed by atoms with E-state index in [9.17, 15) is 0 Å². The lowest BCUT2D eigenvalue weighted by atomic mass is 10.00. The van der Waals surface area contributed by atoms with Crippen LogP contribution in [0.15, 0.2) is 182 Å². The molecule has 0 saturated heterocycles. The van der Waals surface area contributed by atoms with Crippen molar-refractivity contribution in [3.05, 3.63) is 182 Å². The van der Waals surface area contributed by atoms with Crippen molar-refractivity contribution in [3.63, 3.8) is 0 Å². The third kappa shape index (κ3) is 5.26. The normalized spacial score (nSPS) is 11.3. The number of rotatable bonds is 6. The van der Waals surface area contributed by atoms with Crippen LogP contribution >= 0.6 is 0 Å². The van der Waals surface area contributed by atoms with Crippen molar-refractivity contribution in [3.8, 4) is 62.1 Å². The minimum absolute atomic E-state index is 0.627. The topological polar surface area (TPSA) is 43.6 Å². The summed E-state index contributed by atoms with van der Waals surface area (Å²) in [5.41, 5.74) is 10.8. The van der Waals surface area contributed by atoms with Crippen LogP contribution in [0.25, 0.3) is 83.9 Å². The number of para-hydroxylation sites is 2. The molecule has 0 aliphatic carbocycles. The molecule has 4 nitrogen and oxygen atoms in total. The Hall–Kier alpha value is -6.65. The molecule has 0 fully saturated rings. The number of hydrogen-bond acceptors (Lipinski definition) is 3. The standard InChI is InChI=1S/C45H30N4/c1-4-14-31(15-5-1)32-24-26-35(27-25-32)44-46-43(34-18-8-3-9-19-34)47-45(48-44)36-28-29-42(39(30-36)33-16-6-2-7-17-33)49-40-22-12-10-20-37(40)38-21-11-13-23-41(38)49/h1-30H. The summed E-state index contributed by atoms with van der Waals surface area (Å²) in [4.78, 5) is 15.1. The Labute approximate surface area is 284 Å². The molecule has 0 aliphatic rings. The third-order valence-corrected chi connectivity index (χ3v) is 9.08. The van der Waals surface area contributed by atoms with E-state index in [1.165, 1.54) is 27.4 Å². The summed E-state index contributed by atoms with van der Waals surface area (Å²) in [5, 5.41) is 2.46. The van der Waals surface area contributed by atoms with Gasteiger partial charge in [-0.15, -0.1) is 0 Å². The third-order valence-electron chi connectivity index (χ3n) is 9.08. The van der Waals surface area contributed by atoms with Crippen LogP contribution in [-0.4, -0.2) is 19.5 Å². The molecule has 0 unspecified atom stereocenters. The van der Waals surface area contributed by atoms with E-state index in [0.29, 0.717) is 17.5 Å². The molecule has 0 spiro atoms. The molecule has 2 aromatic heterocycles. The molecule has 9 aromatic rings. The van der Waals surface area contributed by atoms with E-state index in [4.69, 9.17) is 15.0 Å². The van der Waals surface area contributed by atoms with Crippen LogP contribution in [-0.2, 0) is 0 Å². The van der Waals surface area contributed by atoms with Gasteiger partial charge in [-0.2, -0.15) is 0 Å². The Balaban J connectivity index is 1.24. The molecule has 2 heterocycles. The second-order valence-electron chi connectivity index (χ2n) is 12.1. The summed E-state index contributed by atoms with van der Waals surface area (Å²) in [6, 6.07) is 63.3. The largest absolute Gasteiger partial charge is 0.309 e. The lowest BCUT2D eigenvalue weighted by Gasteiger charge is -2.16. The Kier molecular flexibility index (Phi) is 7.10. The molecule has 0 aliphatic heterocycles. The zero-order valence-electron chi connectivity index (χ0n) is 26.6. The second kappa shape index (κ2) is 12.2. The first-order chi connectivity index (χ1) is 24.3. The summed E-state index contributed by atoms with van der Waals surface area (Å²) < 4.78 is 2.37. The fourth-order valence-electron chi connectivity index (χ4n) is 6.69. The number of fused-ring (bicyclic) bond motifs is 3. The quantitative estimate of drug-likeness (QED) is 0.184. The fraction of sp³-hybridized carbons (Fsp3) is 0. The van der Waals surface area contributed by atoms with Gasteiger partial charge in [0.1, 0.15) is 0 Å². The van der Waals surface area contributed by atoms with E-state index in [2.05, 4.69) is 150 Å². The van der Waals surface area contributed by atoms with Crippen LogP contribution in [0.1, 0.15) is 0 Å². The summed E-state index contributed by atoms with van der Waals surface area (Å²) in [7, 11) is 0. The second-order valence-corrected chi connectivity index (χ2v) is 12.1. The number of nitrogens with zero attached hydrogens (tertiary/aromatic N) is 4. The average Bonchev–Trinajstić information content (AvgIpc) is 3.53. The van der Waals surface area contributed by atoms with Crippen molar-refractivity contribution in [1.82, 2.24) is 19.5 Å². The summed E-state index contributed by atoms with van der Waals surface area (Å²) in [5.74, 6) is 1.90. The van der Waals surface area contributed by atoms with Gasteiger partial charge >= 0.3 is 0 Å². The van der Waals surface area contributed by atoms with Gasteiger partial charge in [-0.1, -0.05) is 152 Å². The minimum atomic E-state index is 0.627. The molecule has 0 amide bonds. The number of benzene rings is 7. The van der Waals surface area contributed by atoms with Gasteiger partial charge < -0.3 is 4.57 Å². The smallest absolute Gasteiger partial charge is 0.164 e. The van der Waals surface area contributed by atoms with Crippen molar-refractivity contribution in [2.24, 2.45) is 0 Å². The van der Waals surface area contributed by atoms with Crippen LogP contribution in [0.2, 0.25) is 0 Å². The van der Waals surface area contributed by atoms with E-state index in [0.717, 1.165) is 39.1 Å². The summed E-state index contributed by atoms with van der Waals surface area (Å²) >= 11 is 0. The van der Waals surface area contributed by atoms with E-state index in [-0.39, 0.29) is 0 Å². The first-order valence-corrected chi connectivity index (χ1v) is 16.5. The molecule has 49 heavy (non-hydrogen) atoms. The zero-order valence-corrected chi connectivity index (χ0v) is 26.6. The van der Waals surface area contributed by atoms with Gasteiger partial charge in [0.05, 0.1) is 16.7 Å². The highest BCUT2D eigenvalue weighted by molar-refractivity contribution is 6.09. The maximum Gasteiger partial charge on any atom is 0.164 e. The fourth-order valence-corrected chi connectivity index (χ4v) is 6.69. The van der Waals surface area contributed by atoms with E-state index >= 15 is 0 Å². The Morgan fingerprint density at radius 3 is 1.27 bits per heavy atom. The highest BCUT2D eigenvalue weighted by Gasteiger charge is 2.18. The first kappa shape index (κ1) is 28.6. The number of hydrogen-bond donors (Lipinski definition) is 0. The van der Waals surface area contributed by atoms with Crippen LogP contribution in [0.5, 0.6) is 0 Å². The highest BCUT2D eigenvalue weighted by Crippen LogP contribution is 2.38. The molecule has 230 valence electrons. The predicted molar refractivity (Wildman–Crippen MR) is 201 cm³/mol. The SMILES string of the molecule is c1ccc(-c2ccc(-c3nc(-c4ccccc4)nc(-c4ccc(-n5c6ccccc6c6ccccc65)c(-c5ccccc5)c4)n3)cc2)cc1. The van der Waals surface area contributed by atoms with E-state index in [1.54, 1.807) is 0 Å². The van der Waals surface area contributed by atoms with Crippen LogP contribution in [0.4, 0.5) is 0 Å². The molecule has 0 atom stereocenters. The molecule has 7 aromatic carbocycles. The van der Waals surface area contributed by atoms with Gasteiger partial charge in [0.2, 0.25) is 0 Å². The lowest BCUT2D eigenvalue weighted by molar-refractivity contribution is 1.07. The van der Waals surface area contributed by atoms with Crippen molar-refractivity contribution in [2.75, 3.05) is 0 Å². The predicted octanol–water partition coefficient (Wildman–Crippen LogP) is 11.3. The van der Waals surface area contributed by atoms with Crippen LogP contribution in [0, 0.1) is 0 Å². The van der Waals surface area contributed by atoms with Gasteiger partial charge in [0, 0.05) is 33.0 Å². The van der Waals surface area contributed by atoms with Gasteiger partial charge in [-0.25, -0.2) is 15.0 Å². The van der Waals surface area contributed by atoms with Crippen molar-refractivity contribution < 1.29 is 0 Å². The molecule has 0 bridgehead atoms. The Bertz CT molecular complexity index is 2520. The first-order valence-electron chi connectivity index (χ1n) is 16.5. The molecular weight excluding hydrogens is 597 g/mol. The highest BCUT2D eigenvalue weighted by atomic mass is 15.0. The molecular formula is C45H30N4. The molecule has 0 radical (unpaired) electrons. The van der Waals surface area contributed by atoms with Gasteiger partial charge in [0.15, 0.2) is 17.5 Å². The maximum absolute atomic E-state index is 5.10. The van der Waals surface area contributed by atoms with Gasteiger partial charge in [-0.3, -0.25) is 0 Å². The molecule has 0 N–H and O–H groups in total.